The molecule has 60 valence electrons. The third kappa shape index (κ3) is 2.17. The minimum atomic E-state index is 0.673. The summed E-state index contributed by atoms with van der Waals surface area (Å²) in [4.78, 5) is 0. The fraction of sp³-hybridized carbons (Fsp3) is 1.00. The second-order valence-corrected chi connectivity index (χ2v) is 3.85. The van der Waals surface area contributed by atoms with Crippen LogP contribution in [0.3, 0.4) is 0 Å². The zero-order valence-electron chi connectivity index (χ0n) is 6.42. The highest BCUT2D eigenvalue weighted by Crippen LogP contribution is 2.32. The first-order valence-electron chi connectivity index (χ1n) is 4.22. The molecule has 0 aliphatic heterocycles. The monoisotopic (exact) mass is 159 g/mol. The summed E-state index contributed by atoms with van der Waals surface area (Å²) in [5.74, 6) is 0.867. The van der Waals surface area contributed by atoms with E-state index < -0.39 is 0 Å². The molecule has 2 N–H and O–H groups in total. The lowest BCUT2D eigenvalue weighted by atomic mass is 10.0. The van der Waals surface area contributed by atoms with Gasteiger partial charge in [0.05, 0.1) is 0 Å². The third-order valence-electron chi connectivity index (χ3n) is 2.40. The summed E-state index contributed by atoms with van der Waals surface area (Å²) in [6.45, 7) is 0.844. The minimum Gasteiger partial charge on any atom is -0.330 e. The average Bonchev–Trinajstić information content (AvgIpc) is 2.31. The highest BCUT2D eigenvalue weighted by molar-refractivity contribution is 7.81. The van der Waals surface area contributed by atoms with Gasteiger partial charge >= 0.3 is 0 Å². The van der Waals surface area contributed by atoms with Crippen molar-refractivity contribution in [3.05, 3.63) is 0 Å². The predicted octanol–water partition coefficient (Wildman–Crippen LogP) is 1.82. The molecule has 1 saturated carbocycles. The molecule has 0 aromatic carbocycles. The van der Waals surface area contributed by atoms with Gasteiger partial charge in [-0.1, -0.05) is 6.42 Å². The van der Waals surface area contributed by atoms with Crippen LogP contribution in [0.4, 0.5) is 0 Å². The zero-order valence-corrected chi connectivity index (χ0v) is 7.32. The molecule has 0 amide bonds. The van der Waals surface area contributed by atoms with Gasteiger partial charge in [0.2, 0.25) is 0 Å². The summed E-state index contributed by atoms with van der Waals surface area (Å²) in [6, 6.07) is 0. The lowest BCUT2D eigenvalue weighted by Gasteiger charge is -2.12. The first-order chi connectivity index (χ1) is 4.84. The van der Waals surface area contributed by atoms with Crippen molar-refractivity contribution in [2.75, 3.05) is 6.54 Å². The van der Waals surface area contributed by atoms with Crippen LogP contribution in [0, 0.1) is 5.92 Å². The maximum Gasteiger partial charge on any atom is 0.00450 e. The zero-order chi connectivity index (χ0) is 7.40. The molecule has 1 rings (SSSR count). The Kier molecular flexibility index (Phi) is 3.57. The van der Waals surface area contributed by atoms with E-state index in [4.69, 9.17) is 5.73 Å². The van der Waals surface area contributed by atoms with Crippen molar-refractivity contribution in [2.45, 2.75) is 37.4 Å². The number of rotatable bonds is 3. The Hall–Kier alpha value is 0.310. The number of nitrogens with two attached hydrogens (primary N) is 1. The van der Waals surface area contributed by atoms with E-state index in [0.29, 0.717) is 5.25 Å². The van der Waals surface area contributed by atoms with Gasteiger partial charge in [0.25, 0.3) is 0 Å². The smallest absolute Gasteiger partial charge is 0.00450 e. The molecule has 2 unspecified atom stereocenters. The van der Waals surface area contributed by atoms with E-state index in [-0.39, 0.29) is 0 Å². The van der Waals surface area contributed by atoms with E-state index in [1.165, 1.54) is 32.1 Å². The Bertz CT molecular complexity index is 95.3. The van der Waals surface area contributed by atoms with Crippen LogP contribution in [0.25, 0.3) is 0 Å². The van der Waals surface area contributed by atoms with Gasteiger partial charge in [0, 0.05) is 5.25 Å². The van der Waals surface area contributed by atoms with E-state index >= 15 is 0 Å². The summed E-state index contributed by atoms with van der Waals surface area (Å²) < 4.78 is 0. The molecule has 1 aliphatic carbocycles. The second kappa shape index (κ2) is 4.24. The first-order valence-corrected chi connectivity index (χ1v) is 4.74. The van der Waals surface area contributed by atoms with Gasteiger partial charge in [-0.25, -0.2) is 0 Å². The molecule has 1 fully saturated rings. The molecule has 0 spiro atoms. The maximum atomic E-state index is 5.43. The van der Waals surface area contributed by atoms with E-state index in [0.717, 1.165) is 12.5 Å². The minimum absolute atomic E-state index is 0.673. The van der Waals surface area contributed by atoms with Crippen molar-refractivity contribution in [3.63, 3.8) is 0 Å². The van der Waals surface area contributed by atoms with Crippen LogP contribution >= 0.6 is 12.6 Å². The van der Waals surface area contributed by atoms with Crippen LogP contribution in [0.2, 0.25) is 0 Å². The second-order valence-electron chi connectivity index (χ2n) is 3.19. The summed E-state index contributed by atoms with van der Waals surface area (Å²) >= 11 is 4.52. The lowest BCUT2D eigenvalue weighted by Crippen LogP contribution is -2.09. The van der Waals surface area contributed by atoms with Crippen LogP contribution in [0.15, 0.2) is 0 Å². The molecule has 0 bridgehead atoms. The largest absolute Gasteiger partial charge is 0.330 e. The molecule has 0 saturated heterocycles. The molecular formula is C8H17NS. The highest BCUT2D eigenvalue weighted by Gasteiger charge is 2.22. The molecule has 0 heterocycles. The van der Waals surface area contributed by atoms with Gasteiger partial charge in [-0.15, -0.1) is 0 Å². The van der Waals surface area contributed by atoms with E-state index in [9.17, 15) is 0 Å². The van der Waals surface area contributed by atoms with Crippen molar-refractivity contribution in [2.24, 2.45) is 11.7 Å². The van der Waals surface area contributed by atoms with Gasteiger partial charge in [-0.3, -0.25) is 0 Å². The van der Waals surface area contributed by atoms with E-state index in [1.54, 1.807) is 0 Å². The summed E-state index contributed by atoms with van der Waals surface area (Å²) in [6.07, 6.45) is 6.56. The van der Waals surface area contributed by atoms with Crippen molar-refractivity contribution in [1.29, 1.82) is 0 Å². The van der Waals surface area contributed by atoms with E-state index in [2.05, 4.69) is 12.6 Å². The number of hydrogen-bond acceptors (Lipinski definition) is 2. The molecule has 0 aromatic heterocycles. The molecule has 0 radical (unpaired) electrons. The average molecular weight is 159 g/mol. The predicted molar refractivity (Wildman–Crippen MR) is 48.4 cm³/mol. The first kappa shape index (κ1) is 8.41. The normalized spacial score (nSPS) is 33.0. The molecule has 1 nitrogen and oxygen atoms in total. The van der Waals surface area contributed by atoms with Gasteiger partial charge in [-0.05, 0) is 38.1 Å². The fourth-order valence-electron chi connectivity index (χ4n) is 1.73. The van der Waals surface area contributed by atoms with Gasteiger partial charge < -0.3 is 5.73 Å². The third-order valence-corrected chi connectivity index (χ3v) is 3.08. The van der Waals surface area contributed by atoms with Gasteiger partial charge in [0.15, 0.2) is 0 Å². The van der Waals surface area contributed by atoms with E-state index in [1.807, 2.05) is 0 Å². The SMILES string of the molecule is NCCCC1CCCC1S. The fourth-order valence-corrected chi connectivity index (χ4v) is 2.21. The Labute approximate surface area is 68.8 Å². The Morgan fingerprint density at radius 2 is 2.20 bits per heavy atom. The van der Waals surface area contributed by atoms with Gasteiger partial charge in [-0.2, -0.15) is 12.6 Å². The van der Waals surface area contributed by atoms with Crippen LogP contribution in [0.1, 0.15) is 32.1 Å². The number of thiol groups is 1. The van der Waals surface area contributed by atoms with Crippen molar-refractivity contribution < 1.29 is 0 Å². The highest BCUT2D eigenvalue weighted by atomic mass is 32.1. The summed E-state index contributed by atoms with van der Waals surface area (Å²) in [5, 5.41) is 0.673. The molecule has 0 aromatic rings. The molecule has 1 aliphatic rings. The van der Waals surface area contributed by atoms with Crippen molar-refractivity contribution in [1.82, 2.24) is 0 Å². The summed E-state index contributed by atoms with van der Waals surface area (Å²) in [5.41, 5.74) is 5.43. The van der Waals surface area contributed by atoms with Crippen molar-refractivity contribution >= 4 is 12.6 Å². The number of hydrogen-bond donors (Lipinski definition) is 2. The standard InChI is InChI=1S/C8H17NS/c9-6-2-4-7-3-1-5-8(7)10/h7-8,10H,1-6,9H2. The Balaban J connectivity index is 2.14. The maximum absolute atomic E-state index is 5.43. The molecule has 10 heavy (non-hydrogen) atoms. The lowest BCUT2D eigenvalue weighted by molar-refractivity contribution is 0.498. The Morgan fingerprint density at radius 3 is 2.70 bits per heavy atom. The van der Waals surface area contributed by atoms with Gasteiger partial charge in [0.1, 0.15) is 0 Å². The summed E-state index contributed by atoms with van der Waals surface area (Å²) in [7, 11) is 0. The Morgan fingerprint density at radius 1 is 1.40 bits per heavy atom. The van der Waals surface area contributed by atoms with Crippen LogP contribution in [-0.2, 0) is 0 Å². The van der Waals surface area contributed by atoms with Crippen molar-refractivity contribution in [3.8, 4) is 0 Å². The molecular weight excluding hydrogens is 142 g/mol. The van der Waals surface area contributed by atoms with Crippen LogP contribution < -0.4 is 5.73 Å². The topological polar surface area (TPSA) is 26.0 Å². The quantitative estimate of drug-likeness (QED) is 0.604. The van der Waals surface area contributed by atoms with Crippen LogP contribution in [0.5, 0.6) is 0 Å². The molecule has 2 atom stereocenters. The van der Waals surface area contributed by atoms with Crippen LogP contribution in [-0.4, -0.2) is 11.8 Å². The molecule has 2 heteroatoms.